The van der Waals surface area contributed by atoms with Gasteiger partial charge in [-0.1, -0.05) is 6.07 Å². The number of aliphatic hydroxyl groups excluding tert-OH is 3. The van der Waals surface area contributed by atoms with Crippen LogP contribution in [0.5, 0.6) is 0 Å². The molecule has 0 spiro atoms. The Morgan fingerprint density at radius 2 is 1.86 bits per heavy atom. The molecule has 1 aromatic carbocycles. The molecule has 0 fully saturated rings. The molecular weight excluding hydrogens is 194 g/mol. The summed E-state index contributed by atoms with van der Waals surface area (Å²) < 4.78 is 25.5. The first-order chi connectivity index (χ1) is 6.56. The highest BCUT2D eigenvalue weighted by Crippen LogP contribution is 2.20. The molecule has 2 unspecified atom stereocenters. The maximum absolute atomic E-state index is 13.0. The summed E-state index contributed by atoms with van der Waals surface area (Å²) in [7, 11) is 0. The molecule has 2 atom stereocenters. The third-order valence-corrected chi connectivity index (χ3v) is 1.83. The summed E-state index contributed by atoms with van der Waals surface area (Å²) in [5, 5.41) is 26.8. The molecule has 0 amide bonds. The van der Waals surface area contributed by atoms with E-state index in [1.165, 1.54) is 0 Å². The van der Waals surface area contributed by atoms with E-state index in [1.807, 2.05) is 0 Å². The summed E-state index contributed by atoms with van der Waals surface area (Å²) in [4.78, 5) is 0. The third kappa shape index (κ3) is 2.25. The Hall–Kier alpha value is -1.04. The van der Waals surface area contributed by atoms with Gasteiger partial charge in [0.1, 0.15) is 23.8 Å². The van der Waals surface area contributed by atoms with Gasteiger partial charge in [-0.05, 0) is 6.07 Å². The maximum atomic E-state index is 13.0. The van der Waals surface area contributed by atoms with Gasteiger partial charge in [0, 0.05) is 11.6 Å². The highest BCUT2D eigenvalue weighted by atomic mass is 19.1. The first kappa shape index (κ1) is 11.0. The maximum Gasteiger partial charge on any atom is 0.132 e. The summed E-state index contributed by atoms with van der Waals surface area (Å²) in [6.45, 7) is -0.696. The summed E-state index contributed by atoms with van der Waals surface area (Å²) in [6, 6.07) is 2.59. The van der Waals surface area contributed by atoms with Crippen LogP contribution in [0.3, 0.4) is 0 Å². The Kier molecular flexibility index (Phi) is 3.51. The highest BCUT2D eigenvalue weighted by molar-refractivity contribution is 5.21. The van der Waals surface area contributed by atoms with E-state index >= 15 is 0 Å². The van der Waals surface area contributed by atoms with Crippen LogP contribution in [0.4, 0.5) is 8.78 Å². The fourth-order valence-electron chi connectivity index (χ4n) is 1.05. The lowest BCUT2D eigenvalue weighted by molar-refractivity contribution is -0.0168. The fourth-order valence-corrected chi connectivity index (χ4v) is 1.05. The fraction of sp³-hybridized carbons (Fsp3) is 0.333. The molecule has 3 nitrogen and oxygen atoms in total. The van der Waals surface area contributed by atoms with Gasteiger partial charge < -0.3 is 15.3 Å². The lowest BCUT2D eigenvalue weighted by Crippen LogP contribution is -2.22. The average Bonchev–Trinajstić information content (AvgIpc) is 2.15. The molecule has 0 saturated carbocycles. The van der Waals surface area contributed by atoms with Gasteiger partial charge in [-0.3, -0.25) is 0 Å². The van der Waals surface area contributed by atoms with Crippen LogP contribution in [-0.4, -0.2) is 28.0 Å². The number of aliphatic hydroxyl groups is 3. The van der Waals surface area contributed by atoms with Crippen LogP contribution in [0.2, 0.25) is 0 Å². The zero-order valence-corrected chi connectivity index (χ0v) is 7.19. The first-order valence-corrected chi connectivity index (χ1v) is 3.98. The van der Waals surface area contributed by atoms with E-state index in [0.29, 0.717) is 6.07 Å². The Balaban J connectivity index is 2.95. The van der Waals surface area contributed by atoms with Gasteiger partial charge in [-0.2, -0.15) is 0 Å². The van der Waals surface area contributed by atoms with Crippen LogP contribution >= 0.6 is 0 Å². The summed E-state index contributed by atoms with van der Waals surface area (Å²) >= 11 is 0. The van der Waals surface area contributed by atoms with Crippen LogP contribution in [-0.2, 0) is 0 Å². The molecule has 0 saturated heterocycles. The Labute approximate surface area is 79.2 Å². The zero-order chi connectivity index (χ0) is 10.7. The van der Waals surface area contributed by atoms with Crippen molar-refractivity contribution in [3.8, 4) is 0 Å². The minimum atomic E-state index is -1.56. The van der Waals surface area contributed by atoms with E-state index in [4.69, 9.17) is 10.2 Å². The highest BCUT2D eigenvalue weighted by Gasteiger charge is 2.20. The SMILES string of the molecule is OCC(O)C(O)c1ccc(F)cc1F. The molecule has 0 aliphatic carbocycles. The minimum absolute atomic E-state index is 0.243. The van der Waals surface area contributed by atoms with Gasteiger partial charge >= 0.3 is 0 Å². The second kappa shape index (κ2) is 4.45. The zero-order valence-electron chi connectivity index (χ0n) is 7.19. The smallest absolute Gasteiger partial charge is 0.132 e. The van der Waals surface area contributed by atoms with E-state index < -0.39 is 30.4 Å². The molecule has 1 aromatic rings. The van der Waals surface area contributed by atoms with Crippen molar-refractivity contribution in [2.45, 2.75) is 12.2 Å². The summed E-state index contributed by atoms with van der Waals surface area (Å²) in [5.74, 6) is -1.72. The number of benzene rings is 1. The summed E-state index contributed by atoms with van der Waals surface area (Å²) in [5.41, 5.74) is -0.243. The van der Waals surface area contributed by atoms with E-state index in [9.17, 15) is 13.9 Å². The molecule has 3 N–H and O–H groups in total. The molecule has 0 aromatic heterocycles. The minimum Gasteiger partial charge on any atom is -0.394 e. The van der Waals surface area contributed by atoms with E-state index in [-0.39, 0.29) is 5.56 Å². The van der Waals surface area contributed by atoms with E-state index in [1.54, 1.807) is 0 Å². The Morgan fingerprint density at radius 1 is 1.21 bits per heavy atom. The molecule has 0 radical (unpaired) electrons. The van der Waals surface area contributed by atoms with Crippen LogP contribution in [0.25, 0.3) is 0 Å². The lowest BCUT2D eigenvalue weighted by Gasteiger charge is -2.16. The van der Waals surface area contributed by atoms with E-state index in [0.717, 1.165) is 12.1 Å². The standard InChI is InChI=1S/C9H10F2O3/c10-5-1-2-6(7(11)3-5)9(14)8(13)4-12/h1-3,8-9,12-14H,4H2. The van der Waals surface area contributed by atoms with Crippen molar-refractivity contribution in [1.29, 1.82) is 0 Å². The molecular formula is C9H10F2O3. The van der Waals surface area contributed by atoms with Gasteiger partial charge in [0.05, 0.1) is 6.61 Å². The van der Waals surface area contributed by atoms with Crippen molar-refractivity contribution in [1.82, 2.24) is 0 Å². The van der Waals surface area contributed by atoms with Crippen LogP contribution < -0.4 is 0 Å². The quantitative estimate of drug-likeness (QED) is 0.665. The molecule has 1 rings (SSSR count). The number of halogens is 2. The number of hydrogen-bond acceptors (Lipinski definition) is 3. The summed E-state index contributed by atoms with van der Waals surface area (Å²) in [6.07, 6.45) is -3.03. The molecule has 0 aliphatic rings. The molecule has 0 bridgehead atoms. The second-order valence-electron chi connectivity index (χ2n) is 2.86. The van der Waals surface area contributed by atoms with Crippen molar-refractivity contribution in [2.24, 2.45) is 0 Å². The van der Waals surface area contributed by atoms with Crippen LogP contribution in [0.1, 0.15) is 11.7 Å². The molecule has 14 heavy (non-hydrogen) atoms. The van der Waals surface area contributed by atoms with E-state index in [2.05, 4.69) is 0 Å². The number of hydrogen-bond donors (Lipinski definition) is 3. The second-order valence-corrected chi connectivity index (χ2v) is 2.86. The normalized spacial score (nSPS) is 15.2. The first-order valence-electron chi connectivity index (χ1n) is 3.98. The van der Waals surface area contributed by atoms with Crippen molar-refractivity contribution < 1.29 is 24.1 Å². The predicted octanol–water partition coefficient (Wildman–Crippen LogP) is 0.351. The third-order valence-electron chi connectivity index (χ3n) is 1.83. The van der Waals surface area contributed by atoms with Crippen LogP contribution in [0.15, 0.2) is 18.2 Å². The average molecular weight is 204 g/mol. The molecule has 5 heteroatoms. The molecule has 0 aliphatic heterocycles. The number of rotatable bonds is 3. The topological polar surface area (TPSA) is 60.7 Å². The van der Waals surface area contributed by atoms with Gasteiger partial charge in [0.15, 0.2) is 0 Å². The molecule has 0 heterocycles. The van der Waals surface area contributed by atoms with Crippen molar-refractivity contribution in [3.05, 3.63) is 35.4 Å². The molecule has 78 valence electrons. The van der Waals surface area contributed by atoms with Gasteiger partial charge in [0.2, 0.25) is 0 Å². The van der Waals surface area contributed by atoms with Gasteiger partial charge in [0.25, 0.3) is 0 Å². The van der Waals surface area contributed by atoms with Crippen molar-refractivity contribution in [3.63, 3.8) is 0 Å². The largest absolute Gasteiger partial charge is 0.394 e. The van der Waals surface area contributed by atoms with Crippen molar-refractivity contribution in [2.75, 3.05) is 6.61 Å². The van der Waals surface area contributed by atoms with Crippen LogP contribution in [0, 0.1) is 11.6 Å². The Morgan fingerprint density at radius 3 is 2.36 bits per heavy atom. The van der Waals surface area contributed by atoms with Gasteiger partial charge in [-0.25, -0.2) is 8.78 Å². The van der Waals surface area contributed by atoms with Gasteiger partial charge in [-0.15, -0.1) is 0 Å². The lowest BCUT2D eigenvalue weighted by atomic mass is 10.0. The predicted molar refractivity (Wildman–Crippen MR) is 44.4 cm³/mol. The Bertz CT molecular complexity index is 317. The monoisotopic (exact) mass is 204 g/mol. The van der Waals surface area contributed by atoms with Crippen molar-refractivity contribution >= 4 is 0 Å².